The molecule has 2 N–H and O–H groups in total. The molecule has 0 saturated carbocycles. The molecular weight excluding hydrogens is 330 g/mol. The van der Waals surface area contributed by atoms with Gasteiger partial charge in [0, 0.05) is 19.6 Å². The van der Waals surface area contributed by atoms with Crippen LogP contribution < -0.4 is 0 Å². The lowest BCUT2D eigenvalue weighted by atomic mass is 9.76. The molecule has 26 heavy (non-hydrogen) atoms. The summed E-state index contributed by atoms with van der Waals surface area (Å²) in [5.74, 6) is -1.35. The highest BCUT2D eigenvalue weighted by Crippen LogP contribution is 2.37. The van der Waals surface area contributed by atoms with Gasteiger partial charge in [0.25, 0.3) is 0 Å². The van der Waals surface area contributed by atoms with Crippen molar-refractivity contribution in [3.05, 3.63) is 70.3 Å². The van der Waals surface area contributed by atoms with Crippen LogP contribution >= 0.6 is 0 Å². The highest BCUT2D eigenvalue weighted by molar-refractivity contribution is 6.02. The van der Waals surface area contributed by atoms with E-state index in [1.54, 1.807) is 12.1 Å². The summed E-state index contributed by atoms with van der Waals surface area (Å²) in [6.07, 6.45) is 1.65. The molecule has 5 heteroatoms. The van der Waals surface area contributed by atoms with Gasteiger partial charge < -0.3 is 10.2 Å². The second-order valence-electron chi connectivity index (χ2n) is 7.38. The van der Waals surface area contributed by atoms with Crippen molar-refractivity contribution in [2.45, 2.75) is 19.4 Å². The van der Waals surface area contributed by atoms with Gasteiger partial charge in [-0.1, -0.05) is 30.3 Å². The smallest absolute Gasteiger partial charge is 0.336 e. The molecule has 2 aromatic rings. The molecule has 1 aliphatic heterocycles. The van der Waals surface area contributed by atoms with Gasteiger partial charge in [0.1, 0.15) is 0 Å². The van der Waals surface area contributed by atoms with E-state index in [0.29, 0.717) is 11.8 Å². The van der Waals surface area contributed by atoms with Gasteiger partial charge >= 0.3 is 11.9 Å². The zero-order valence-corrected chi connectivity index (χ0v) is 14.4. The quantitative estimate of drug-likeness (QED) is 0.886. The summed E-state index contributed by atoms with van der Waals surface area (Å²) in [7, 11) is 0. The molecule has 2 atom stereocenters. The van der Waals surface area contributed by atoms with Gasteiger partial charge in [0.15, 0.2) is 0 Å². The lowest BCUT2D eigenvalue weighted by Gasteiger charge is -2.27. The van der Waals surface area contributed by atoms with Gasteiger partial charge in [0.05, 0.1) is 11.1 Å². The molecule has 1 fully saturated rings. The Labute approximate surface area is 151 Å². The SMILES string of the molecule is O=C(O)c1cc2c(cc1C(=O)O)CC1CN(Cc3ccccc3)CC1C2. The van der Waals surface area contributed by atoms with Crippen LogP contribution in [0.4, 0.5) is 0 Å². The van der Waals surface area contributed by atoms with E-state index in [2.05, 4.69) is 29.2 Å². The van der Waals surface area contributed by atoms with Gasteiger partial charge in [-0.3, -0.25) is 4.90 Å². The third-order valence-electron chi connectivity index (χ3n) is 5.67. The van der Waals surface area contributed by atoms with Crippen LogP contribution in [0.15, 0.2) is 42.5 Å². The Balaban J connectivity index is 1.55. The predicted octanol–water partition coefficient (Wildman–Crippen LogP) is 2.93. The monoisotopic (exact) mass is 351 g/mol. The number of aromatic carboxylic acids is 2. The van der Waals surface area contributed by atoms with Gasteiger partial charge in [-0.2, -0.15) is 0 Å². The van der Waals surface area contributed by atoms with E-state index < -0.39 is 11.9 Å². The summed E-state index contributed by atoms with van der Waals surface area (Å²) in [4.78, 5) is 25.3. The fourth-order valence-corrected chi connectivity index (χ4v) is 4.46. The summed E-state index contributed by atoms with van der Waals surface area (Å²) in [5, 5.41) is 18.7. The zero-order chi connectivity index (χ0) is 18.3. The molecule has 0 aromatic heterocycles. The summed E-state index contributed by atoms with van der Waals surface area (Å²) in [5.41, 5.74) is 3.08. The molecule has 2 unspecified atom stereocenters. The van der Waals surface area contributed by atoms with Crippen molar-refractivity contribution in [2.75, 3.05) is 13.1 Å². The maximum absolute atomic E-state index is 11.4. The lowest BCUT2D eigenvalue weighted by molar-refractivity contribution is 0.0651. The van der Waals surface area contributed by atoms with Gasteiger partial charge in [-0.25, -0.2) is 9.59 Å². The van der Waals surface area contributed by atoms with Gasteiger partial charge in [-0.15, -0.1) is 0 Å². The van der Waals surface area contributed by atoms with Crippen LogP contribution in [0.2, 0.25) is 0 Å². The third kappa shape index (κ3) is 3.10. The number of likely N-dealkylation sites (tertiary alicyclic amines) is 1. The zero-order valence-electron chi connectivity index (χ0n) is 14.4. The second-order valence-corrected chi connectivity index (χ2v) is 7.38. The van der Waals surface area contributed by atoms with Crippen LogP contribution in [-0.2, 0) is 19.4 Å². The minimum Gasteiger partial charge on any atom is -0.478 e. The Morgan fingerprint density at radius 3 is 1.85 bits per heavy atom. The summed E-state index contributed by atoms with van der Waals surface area (Å²) in [6.45, 7) is 2.93. The van der Waals surface area contributed by atoms with Crippen LogP contribution in [0.5, 0.6) is 0 Å². The van der Waals surface area contributed by atoms with E-state index in [1.807, 2.05) is 6.07 Å². The molecule has 0 bridgehead atoms. The van der Waals surface area contributed by atoms with Crippen molar-refractivity contribution < 1.29 is 19.8 Å². The highest BCUT2D eigenvalue weighted by atomic mass is 16.4. The van der Waals surface area contributed by atoms with E-state index in [1.165, 1.54) is 5.56 Å². The average molecular weight is 351 g/mol. The minimum absolute atomic E-state index is 0.103. The number of carboxylic acid groups (broad SMARTS) is 2. The van der Waals surface area contributed by atoms with Gasteiger partial charge in [0.2, 0.25) is 0 Å². The number of rotatable bonds is 4. The first-order chi connectivity index (χ1) is 12.5. The first-order valence-electron chi connectivity index (χ1n) is 8.90. The number of carbonyl (C=O) groups is 2. The maximum Gasteiger partial charge on any atom is 0.336 e. The molecule has 1 saturated heterocycles. The number of hydrogen-bond acceptors (Lipinski definition) is 3. The standard InChI is InChI=1S/C21H21NO4/c23-20(24)18-8-14-6-16-11-22(10-13-4-2-1-3-5-13)12-17(16)7-15(14)9-19(18)21(25)26/h1-5,8-9,16-17H,6-7,10-12H2,(H,23,24)(H,25,26). The Bertz CT molecular complexity index is 811. The number of fused-ring (bicyclic) bond motifs is 2. The first-order valence-corrected chi connectivity index (χ1v) is 8.90. The largest absolute Gasteiger partial charge is 0.478 e. The van der Waals surface area contributed by atoms with Crippen LogP contribution in [-0.4, -0.2) is 40.1 Å². The van der Waals surface area contributed by atoms with E-state index in [0.717, 1.165) is 43.6 Å². The molecule has 1 aliphatic carbocycles. The molecule has 0 amide bonds. The highest BCUT2D eigenvalue weighted by Gasteiger charge is 2.37. The molecule has 2 aromatic carbocycles. The van der Waals surface area contributed by atoms with Crippen molar-refractivity contribution in [1.29, 1.82) is 0 Å². The molecule has 2 aliphatic rings. The van der Waals surface area contributed by atoms with Gasteiger partial charge in [-0.05, 0) is 53.5 Å². The fourth-order valence-electron chi connectivity index (χ4n) is 4.46. The van der Waals surface area contributed by atoms with Crippen LogP contribution in [0.1, 0.15) is 37.4 Å². The molecule has 0 spiro atoms. The number of carboxylic acids is 2. The first kappa shape index (κ1) is 16.8. The van der Waals surface area contributed by atoms with Crippen molar-refractivity contribution in [1.82, 2.24) is 4.90 Å². The average Bonchev–Trinajstić information content (AvgIpc) is 3.00. The number of benzene rings is 2. The van der Waals surface area contributed by atoms with Crippen molar-refractivity contribution in [3.63, 3.8) is 0 Å². The van der Waals surface area contributed by atoms with E-state index in [4.69, 9.17) is 0 Å². The Morgan fingerprint density at radius 2 is 1.38 bits per heavy atom. The molecule has 0 radical (unpaired) electrons. The van der Waals surface area contributed by atoms with E-state index in [9.17, 15) is 19.8 Å². The normalized spacial score (nSPS) is 21.8. The summed E-state index contributed by atoms with van der Waals surface area (Å²) in [6, 6.07) is 13.5. The van der Waals surface area contributed by atoms with Crippen LogP contribution in [0.25, 0.3) is 0 Å². The summed E-state index contributed by atoms with van der Waals surface area (Å²) < 4.78 is 0. The molecule has 5 nitrogen and oxygen atoms in total. The van der Waals surface area contributed by atoms with E-state index in [-0.39, 0.29) is 11.1 Å². The number of nitrogens with zero attached hydrogens (tertiary/aromatic N) is 1. The minimum atomic E-state index is -1.18. The van der Waals surface area contributed by atoms with E-state index >= 15 is 0 Å². The molecular formula is C21H21NO4. The molecule has 4 rings (SSSR count). The lowest BCUT2D eigenvalue weighted by Crippen LogP contribution is -2.25. The Kier molecular flexibility index (Phi) is 4.24. The number of hydrogen-bond donors (Lipinski definition) is 2. The molecule has 1 heterocycles. The second kappa shape index (κ2) is 6.57. The maximum atomic E-state index is 11.4. The summed E-state index contributed by atoms with van der Waals surface area (Å²) >= 11 is 0. The van der Waals surface area contributed by atoms with Crippen LogP contribution in [0.3, 0.4) is 0 Å². The Morgan fingerprint density at radius 1 is 0.885 bits per heavy atom. The van der Waals surface area contributed by atoms with Crippen molar-refractivity contribution in [3.8, 4) is 0 Å². The third-order valence-corrected chi connectivity index (χ3v) is 5.67. The van der Waals surface area contributed by atoms with Crippen molar-refractivity contribution >= 4 is 11.9 Å². The fraction of sp³-hybridized carbons (Fsp3) is 0.333. The topological polar surface area (TPSA) is 77.8 Å². The van der Waals surface area contributed by atoms with Crippen LogP contribution in [0, 0.1) is 11.8 Å². The Hall–Kier alpha value is -2.66. The predicted molar refractivity (Wildman–Crippen MR) is 96.5 cm³/mol. The van der Waals surface area contributed by atoms with Crippen molar-refractivity contribution in [2.24, 2.45) is 11.8 Å². The molecule has 134 valence electrons.